The lowest BCUT2D eigenvalue weighted by Gasteiger charge is -2.15. The Labute approximate surface area is 138 Å². The third kappa shape index (κ3) is 2.75. The molecule has 0 unspecified atom stereocenters. The second kappa shape index (κ2) is 5.92. The summed E-state index contributed by atoms with van der Waals surface area (Å²) in [6.45, 7) is 8.45. The number of hydrogen-bond acceptors (Lipinski definition) is 1. The predicted molar refractivity (Wildman–Crippen MR) is 97.9 cm³/mol. The van der Waals surface area contributed by atoms with E-state index in [4.69, 9.17) is 0 Å². The van der Waals surface area contributed by atoms with Crippen LogP contribution in [0.1, 0.15) is 22.3 Å². The van der Waals surface area contributed by atoms with Crippen LogP contribution in [0.25, 0.3) is 22.3 Å². The maximum absolute atomic E-state index is 10.4. The molecule has 0 amide bonds. The molecule has 0 bridgehead atoms. The Morgan fingerprint density at radius 2 is 1.09 bits per heavy atom. The predicted octanol–water partition coefficient (Wildman–Crippen LogP) is 5.96. The van der Waals surface area contributed by atoms with Crippen LogP contribution in [0.15, 0.2) is 54.6 Å². The summed E-state index contributed by atoms with van der Waals surface area (Å²) in [4.78, 5) is 0. The molecule has 0 aliphatic rings. The van der Waals surface area contributed by atoms with Gasteiger partial charge in [-0.15, -0.1) is 0 Å². The van der Waals surface area contributed by atoms with Gasteiger partial charge in [0, 0.05) is 5.56 Å². The van der Waals surface area contributed by atoms with Crippen molar-refractivity contribution in [2.45, 2.75) is 27.7 Å². The average Bonchev–Trinajstić information content (AvgIpc) is 2.49. The first kappa shape index (κ1) is 15.4. The lowest BCUT2D eigenvalue weighted by atomic mass is 9.90. The molecule has 0 heterocycles. The molecule has 0 saturated heterocycles. The third-order valence-corrected chi connectivity index (χ3v) is 4.52. The molecular formula is C22H22O. The van der Waals surface area contributed by atoms with Crippen molar-refractivity contribution in [3.63, 3.8) is 0 Å². The van der Waals surface area contributed by atoms with Crippen molar-refractivity contribution < 1.29 is 5.11 Å². The average molecular weight is 302 g/mol. The van der Waals surface area contributed by atoms with Crippen LogP contribution in [0.3, 0.4) is 0 Å². The van der Waals surface area contributed by atoms with Crippen molar-refractivity contribution >= 4 is 0 Å². The molecule has 1 heteroatoms. The van der Waals surface area contributed by atoms with Crippen molar-refractivity contribution in [2.24, 2.45) is 0 Å². The van der Waals surface area contributed by atoms with Crippen LogP contribution in [-0.2, 0) is 0 Å². The number of phenolic OH excluding ortho intramolecular Hbond substituents is 1. The summed E-state index contributed by atoms with van der Waals surface area (Å²) in [5, 5.41) is 10.4. The van der Waals surface area contributed by atoms with Crippen LogP contribution in [0.5, 0.6) is 5.75 Å². The molecular weight excluding hydrogens is 280 g/mol. The van der Waals surface area contributed by atoms with Gasteiger partial charge in [0.2, 0.25) is 0 Å². The summed E-state index contributed by atoms with van der Waals surface area (Å²) >= 11 is 0. The zero-order valence-electron chi connectivity index (χ0n) is 14.1. The maximum Gasteiger partial charge on any atom is 0.123 e. The van der Waals surface area contributed by atoms with Gasteiger partial charge in [-0.25, -0.2) is 0 Å². The van der Waals surface area contributed by atoms with Gasteiger partial charge in [-0.1, -0.05) is 42.5 Å². The van der Waals surface area contributed by atoms with E-state index in [0.29, 0.717) is 5.75 Å². The molecule has 23 heavy (non-hydrogen) atoms. The summed E-state index contributed by atoms with van der Waals surface area (Å²) in [5.74, 6) is 0.331. The van der Waals surface area contributed by atoms with Gasteiger partial charge >= 0.3 is 0 Å². The second-order valence-corrected chi connectivity index (χ2v) is 6.27. The smallest absolute Gasteiger partial charge is 0.123 e. The van der Waals surface area contributed by atoms with Crippen LogP contribution in [0.2, 0.25) is 0 Å². The van der Waals surface area contributed by atoms with Gasteiger partial charge < -0.3 is 5.11 Å². The maximum atomic E-state index is 10.4. The van der Waals surface area contributed by atoms with E-state index < -0.39 is 0 Å². The molecule has 0 aliphatic heterocycles. The second-order valence-electron chi connectivity index (χ2n) is 6.27. The zero-order valence-corrected chi connectivity index (χ0v) is 14.1. The third-order valence-electron chi connectivity index (χ3n) is 4.52. The molecule has 0 fully saturated rings. The standard InChI is InChI=1S/C22H22O/c1-14-7-5-8-15(2)21(14)18-11-12-20(23)19(13-18)22-16(3)9-6-10-17(22)4/h5-13,23H,1-4H3. The first-order valence-corrected chi connectivity index (χ1v) is 7.95. The highest BCUT2D eigenvalue weighted by atomic mass is 16.3. The summed E-state index contributed by atoms with van der Waals surface area (Å²) in [6.07, 6.45) is 0. The normalized spacial score (nSPS) is 10.8. The molecule has 1 nitrogen and oxygen atoms in total. The fourth-order valence-electron chi connectivity index (χ4n) is 3.40. The zero-order chi connectivity index (χ0) is 16.6. The minimum absolute atomic E-state index is 0.331. The molecule has 0 aromatic heterocycles. The molecule has 0 spiro atoms. The van der Waals surface area contributed by atoms with E-state index in [1.54, 1.807) is 0 Å². The van der Waals surface area contributed by atoms with Crippen molar-refractivity contribution in [1.82, 2.24) is 0 Å². The highest BCUT2D eigenvalue weighted by Crippen LogP contribution is 2.38. The van der Waals surface area contributed by atoms with E-state index >= 15 is 0 Å². The minimum atomic E-state index is 0.331. The fraction of sp³-hybridized carbons (Fsp3) is 0.182. The topological polar surface area (TPSA) is 20.2 Å². The van der Waals surface area contributed by atoms with Crippen LogP contribution >= 0.6 is 0 Å². The summed E-state index contributed by atoms with van der Waals surface area (Å²) in [6, 6.07) is 18.5. The van der Waals surface area contributed by atoms with Gasteiger partial charge in [0.15, 0.2) is 0 Å². The number of aryl methyl sites for hydroxylation is 4. The number of phenols is 1. The quantitative estimate of drug-likeness (QED) is 0.619. The van der Waals surface area contributed by atoms with E-state index in [-0.39, 0.29) is 0 Å². The van der Waals surface area contributed by atoms with Crippen LogP contribution in [0, 0.1) is 27.7 Å². The Hall–Kier alpha value is -2.54. The summed E-state index contributed by atoms with van der Waals surface area (Å²) < 4.78 is 0. The largest absolute Gasteiger partial charge is 0.507 e. The van der Waals surface area contributed by atoms with Crippen molar-refractivity contribution in [3.05, 3.63) is 76.9 Å². The minimum Gasteiger partial charge on any atom is -0.507 e. The van der Waals surface area contributed by atoms with E-state index in [1.165, 1.54) is 27.8 Å². The SMILES string of the molecule is Cc1cccc(C)c1-c1ccc(O)c(-c2c(C)cccc2C)c1. The van der Waals surface area contributed by atoms with Crippen LogP contribution in [-0.4, -0.2) is 5.11 Å². The van der Waals surface area contributed by atoms with Crippen LogP contribution in [0.4, 0.5) is 0 Å². The van der Waals surface area contributed by atoms with Gasteiger partial charge in [-0.05, 0) is 78.8 Å². The highest BCUT2D eigenvalue weighted by Gasteiger charge is 2.13. The van der Waals surface area contributed by atoms with Gasteiger partial charge in [-0.3, -0.25) is 0 Å². The van der Waals surface area contributed by atoms with Gasteiger partial charge in [0.05, 0.1) is 0 Å². The molecule has 0 saturated carbocycles. The number of benzene rings is 3. The Bertz CT molecular complexity index is 835. The number of aromatic hydroxyl groups is 1. The van der Waals surface area contributed by atoms with Gasteiger partial charge in [0.1, 0.15) is 5.75 Å². The van der Waals surface area contributed by atoms with Crippen molar-refractivity contribution in [1.29, 1.82) is 0 Å². The molecule has 3 rings (SSSR count). The van der Waals surface area contributed by atoms with E-state index in [2.05, 4.69) is 70.2 Å². The summed E-state index contributed by atoms with van der Waals surface area (Å²) in [5.41, 5.74) is 9.29. The molecule has 0 radical (unpaired) electrons. The first-order valence-electron chi connectivity index (χ1n) is 7.95. The molecule has 0 atom stereocenters. The molecule has 1 N–H and O–H groups in total. The van der Waals surface area contributed by atoms with E-state index in [0.717, 1.165) is 16.7 Å². The Morgan fingerprint density at radius 3 is 1.61 bits per heavy atom. The number of hydrogen-bond donors (Lipinski definition) is 1. The Balaban J connectivity index is 2.26. The number of rotatable bonds is 2. The fourth-order valence-corrected chi connectivity index (χ4v) is 3.40. The molecule has 116 valence electrons. The molecule has 3 aromatic carbocycles. The lowest BCUT2D eigenvalue weighted by molar-refractivity contribution is 0.477. The Kier molecular flexibility index (Phi) is 3.96. The summed E-state index contributed by atoms with van der Waals surface area (Å²) in [7, 11) is 0. The van der Waals surface area contributed by atoms with Crippen molar-refractivity contribution in [2.75, 3.05) is 0 Å². The van der Waals surface area contributed by atoms with Gasteiger partial charge in [-0.2, -0.15) is 0 Å². The highest BCUT2D eigenvalue weighted by molar-refractivity contribution is 5.82. The van der Waals surface area contributed by atoms with E-state index in [9.17, 15) is 5.11 Å². The first-order chi connectivity index (χ1) is 11.0. The van der Waals surface area contributed by atoms with Crippen LogP contribution < -0.4 is 0 Å². The lowest BCUT2D eigenvalue weighted by Crippen LogP contribution is -1.92. The van der Waals surface area contributed by atoms with E-state index in [1.807, 2.05) is 12.1 Å². The van der Waals surface area contributed by atoms with Crippen molar-refractivity contribution in [3.8, 4) is 28.0 Å². The van der Waals surface area contributed by atoms with Gasteiger partial charge in [0.25, 0.3) is 0 Å². The molecule has 3 aromatic rings. The monoisotopic (exact) mass is 302 g/mol. The molecule has 0 aliphatic carbocycles. The Morgan fingerprint density at radius 1 is 0.609 bits per heavy atom.